The molecule has 2 N–H and O–H groups in total. The molecule has 0 radical (unpaired) electrons. The molecular formula is C17H26FN3O3S. The average Bonchev–Trinajstić information content (AvgIpc) is 2.54. The van der Waals surface area contributed by atoms with Gasteiger partial charge in [0.1, 0.15) is 5.82 Å². The number of carbonyl (C=O) groups excluding carboxylic acids is 1. The van der Waals surface area contributed by atoms with Gasteiger partial charge in [-0.25, -0.2) is 12.8 Å². The third kappa shape index (κ3) is 4.37. The van der Waals surface area contributed by atoms with Crippen LogP contribution in [0.4, 0.5) is 4.39 Å². The summed E-state index contributed by atoms with van der Waals surface area (Å²) < 4.78 is 36.7. The standard InChI is InChI=1S/C17H26FN3O3S/c1-21(2)15(13-5-4-6-14(18)11-13)12-20-16(22)17(25(3,23)24)7-9-19-10-8-17/h4-6,11,15,19H,7-10,12H2,1-3H3,(H,20,22). The number of halogens is 1. The second-order valence-corrected chi connectivity index (χ2v) is 9.09. The highest BCUT2D eigenvalue weighted by molar-refractivity contribution is 7.92. The van der Waals surface area contributed by atoms with Crippen molar-refractivity contribution in [3.8, 4) is 0 Å². The van der Waals surface area contributed by atoms with E-state index < -0.39 is 20.5 Å². The largest absolute Gasteiger partial charge is 0.353 e. The summed E-state index contributed by atoms with van der Waals surface area (Å²) in [5.74, 6) is -0.818. The van der Waals surface area contributed by atoms with Gasteiger partial charge in [-0.3, -0.25) is 4.79 Å². The first kappa shape index (κ1) is 19.8. The van der Waals surface area contributed by atoms with Gasteiger partial charge in [0.15, 0.2) is 14.6 Å². The third-order valence-electron chi connectivity index (χ3n) is 4.85. The number of nitrogens with zero attached hydrogens (tertiary/aromatic N) is 1. The van der Waals surface area contributed by atoms with Crippen LogP contribution < -0.4 is 10.6 Å². The molecular weight excluding hydrogens is 345 g/mol. The van der Waals surface area contributed by atoms with Crippen molar-refractivity contribution in [2.75, 3.05) is 40.0 Å². The molecule has 0 aromatic heterocycles. The van der Waals surface area contributed by atoms with Crippen molar-refractivity contribution in [3.63, 3.8) is 0 Å². The van der Waals surface area contributed by atoms with Crippen LogP contribution in [0.2, 0.25) is 0 Å². The molecule has 1 aliphatic heterocycles. The fourth-order valence-electron chi connectivity index (χ4n) is 3.26. The van der Waals surface area contributed by atoms with E-state index in [4.69, 9.17) is 0 Å². The lowest BCUT2D eigenvalue weighted by Gasteiger charge is -2.35. The Morgan fingerprint density at radius 2 is 2.00 bits per heavy atom. The molecule has 140 valence electrons. The van der Waals surface area contributed by atoms with Gasteiger partial charge in [-0.15, -0.1) is 0 Å². The van der Waals surface area contributed by atoms with Gasteiger partial charge in [-0.05, 0) is 57.7 Å². The zero-order chi connectivity index (χ0) is 18.7. The van der Waals surface area contributed by atoms with Gasteiger partial charge in [0.25, 0.3) is 0 Å². The molecule has 1 fully saturated rings. The number of nitrogens with one attached hydrogen (secondary N) is 2. The monoisotopic (exact) mass is 371 g/mol. The van der Waals surface area contributed by atoms with Gasteiger partial charge >= 0.3 is 0 Å². The Morgan fingerprint density at radius 1 is 1.36 bits per heavy atom. The second kappa shape index (κ2) is 7.80. The highest BCUT2D eigenvalue weighted by Gasteiger charge is 2.48. The zero-order valence-corrected chi connectivity index (χ0v) is 15.7. The molecule has 8 heteroatoms. The summed E-state index contributed by atoms with van der Waals surface area (Å²) in [5.41, 5.74) is 0.726. The van der Waals surface area contributed by atoms with Crippen LogP contribution in [0, 0.1) is 5.82 Å². The van der Waals surface area contributed by atoms with Crippen LogP contribution in [0.3, 0.4) is 0 Å². The van der Waals surface area contributed by atoms with Crippen molar-refractivity contribution in [1.82, 2.24) is 15.5 Å². The molecule has 1 heterocycles. The Balaban J connectivity index is 2.17. The zero-order valence-electron chi connectivity index (χ0n) is 14.9. The maximum absolute atomic E-state index is 13.5. The van der Waals surface area contributed by atoms with Crippen molar-refractivity contribution in [2.45, 2.75) is 23.6 Å². The first-order chi connectivity index (χ1) is 11.7. The normalized spacial score (nSPS) is 18.8. The average molecular weight is 371 g/mol. The summed E-state index contributed by atoms with van der Waals surface area (Å²) in [5, 5.41) is 5.88. The molecule has 0 saturated carbocycles. The predicted octanol–water partition coefficient (Wildman–Crippen LogP) is 0.711. The van der Waals surface area contributed by atoms with Crippen LogP contribution >= 0.6 is 0 Å². The van der Waals surface area contributed by atoms with E-state index in [1.807, 2.05) is 19.0 Å². The quantitative estimate of drug-likeness (QED) is 0.770. The number of hydrogen-bond acceptors (Lipinski definition) is 5. The highest BCUT2D eigenvalue weighted by Crippen LogP contribution is 2.28. The minimum absolute atomic E-state index is 0.208. The van der Waals surface area contributed by atoms with E-state index in [-0.39, 0.29) is 31.2 Å². The van der Waals surface area contributed by atoms with Gasteiger partial charge in [-0.1, -0.05) is 12.1 Å². The van der Waals surface area contributed by atoms with Gasteiger partial charge in [0, 0.05) is 12.8 Å². The maximum atomic E-state index is 13.5. The number of likely N-dealkylation sites (N-methyl/N-ethyl adjacent to an activating group) is 1. The Morgan fingerprint density at radius 3 is 2.52 bits per heavy atom. The third-order valence-corrected chi connectivity index (χ3v) is 6.86. The van der Waals surface area contributed by atoms with Crippen LogP contribution in [0.1, 0.15) is 24.4 Å². The number of sulfone groups is 1. The van der Waals surface area contributed by atoms with Crippen molar-refractivity contribution >= 4 is 15.7 Å². The SMILES string of the molecule is CN(C)C(CNC(=O)C1(S(C)(=O)=O)CCNCC1)c1cccc(F)c1. The Hall–Kier alpha value is -1.51. The van der Waals surface area contributed by atoms with Crippen LogP contribution in [-0.4, -0.2) is 64.0 Å². The minimum Gasteiger partial charge on any atom is -0.353 e. The fourth-order valence-corrected chi connectivity index (χ4v) is 4.61. The lowest BCUT2D eigenvalue weighted by atomic mass is 9.95. The second-order valence-electron chi connectivity index (χ2n) is 6.76. The number of hydrogen-bond donors (Lipinski definition) is 2. The summed E-state index contributed by atoms with van der Waals surface area (Å²) in [7, 11) is 0.112. The van der Waals surface area contributed by atoms with Gasteiger partial charge < -0.3 is 15.5 Å². The van der Waals surface area contributed by atoms with Gasteiger partial charge in [0.2, 0.25) is 5.91 Å². The van der Waals surface area contributed by atoms with Gasteiger partial charge in [0.05, 0.1) is 6.04 Å². The summed E-state index contributed by atoms with van der Waals surface area (Å²) in [4.78, 5) is 14.6. The Kier molecular flexibility index (Phi) is 6.18. The van der Waals surface area contributed by atoms with Crippen molar-refractivity contribution < 1.29 is 17.6 Å². The molecule has 2 rings (SSSR count). The first-order valence-electron chi connectivity index (χ1n) is 8.28. The molecule has 25 heavy (non-hydrogen) atoms. The maximum Gasteiger partial charge on any atom is 0.241 e. The molecule has 0 aliphatic carbocycles. The molecule has 1 aliphatic rings. The summed E-state index contributed by atoms with van der Waals surface area (Å²) in [6.45, 7) is 1.18. The van der Waals surface area contributed by atoms with E-state index in [2.05, 4.69) is 10.6 Å². The van der Waals surface area contributed by atoms with E-state index >= 15 is 0 Å². The topological polar surface area (TPSA) is 78.5 Å². The molecule has 1 aromatic rings. The number of amides is 1. The number of piperidine rings is 1. The van der Waals surface area contributed by atoms with Crippen LogP contribution in [0.5, 0.6) is 0 Å². The molecule has 1 saturated heterocycles. The molecule has 0 bridgehead atoms. The molecule has 6 nitrogen and oxygen atoms in total. The van der Waals surface area contributed by atoms with E-state index in [0.29, 0.717) is 13.1 Å². The summed E-state index contributed by atoms with van der Waals surface area (Å²) >= 11 is 0. The summed E-state index contributed by atoms with van der Waals surface area (Å²) in [6.07, 6.45) is 1.63. The number of carbonyl (C=O) groups is 1. The van der Waals surface area contributed by atoms with Crippen molar-refractivity contribution in [1.29, 1.82) is 0 Å². The number of rotatable bonds is 6. The lowest BCUT2D eigenvalue weighted by molar-refractivity contribution is -0.124. The van der Waals surface area contributed by atoms with Crippen molar-refractivity contribution in [3.05, 3.63) is 35.6 Å². The van der Waals surface area contributed by atoms with Crippen LogP contribution in [-0.2, 0) is 14.6 Å². The lowest BCUT2D eigenvalue weighted by Crippen LogP contribution is -2.58. The molecule has 1 amide bonds. The Labute approximate surface area is 148 Å². The van der Waals surface area contributed by atoms with Crippen molar-refractivity contribution in [2.24, 2.45) is 0 Å². The van der Waals surface area contributed by atoms with Crippen LogP contribution in [0.15, 0.2) is 24.3 Å². The van der Waals surface area contributed by atoms with Crippen LogP contribution in [0.25, 0.3) is 0 Å². The molecule has 1 aromatic carbocycles. The Bertz CT molecular complexity index is 716. The molecule has 1 unspecified atom stereocenters. The smallest absolute Gasteiger partial charge is 0.241 e. The van der Waals surface area contributed by atoms with Gasteiger partial charge in [-0.2, -0.15) is 0 Å². The van der Waals surface area contributed by atoms with E-state index in [9.17, 15) is 17.6 Å². The highest BCUT2D eigenvalue weighted by atomic mass is 32.2. The minimum atomic E-state index is -3.55. The predicted molar refractivity (Wildman–Crippen MR) is 95.5 cm³/mol. The number of benzene rings is 1. The fraction of sp³-hybridized carbons (Fsp3) is 0.588. The van der Waals surface area contributed by atoms with E-state index in [0.717, 1.165) is 11.8 Å². The summed E-state index contributed by atoms with van der Waals surface area (Å²) in [6, 6.07) is 5.94. The first-order valence-corrected chi connectivity index (χ1v) is 10.2. The van der Waals surface area contributed by atoms with E-state index in [1.54, 1.807) is 12.1 Å². The molecule has 0 spiro atoms. The van der Waals surface area contributed by atoms with E-state index in [1.165, 1.54) is 12.1 Å². The molecule has 1 atom stereocenters.